The zero-order valence-electron chi connectivity index (χ0n) is 13.1. The molecule has 7 heteroatoms. The summed E-state index contributed by atoms with van der Waals surface area (Å²) >= 11 is 0. The van der Waals surface area contributed by atoms with Crippen LogP contribution in [0.5, 0.6) is 0 Å². The van der Waals surface area contributed by atoms with Crippen molar-refractivity contribution in [3.05, 3.63) is 59.9 Å². The van der Waals surface area contributed by atoms with E-state index in [1.807, 2.05) is 23.1 Å². The minimum atomic E-state index is -3.76. The Hall–Kier alpha value is -2.25. The largest absolute Gasteiger partial charge is 0.330 e. The lowest BCUT2D eigenvalue weighted by Crippen LogP contribution is -2.38. The van der Waals surface area contributed by atoms with E-state index in [2.05, 4.69) is 4.98 Å². The molecule has 0 radical (unpaired) electrons. The summed E-state index contributed by atoms with van der Waals surface area (Å²) in [4.78, 5) is 19.1. The Bertz CT molecular complexity index is 820. The Balaban J connectivity index is 1.87. The number of primary sulfonamides is 1. The van der Waals surface area contributed by atoms with Gasteiger partial charge in [0.05, 0.1) is 16.6 Å². The van der Waals surface area contributed by atoms with Crippen LogP contribution in [-0.4, -0.2) is 30.8 Å². The number of aromatic nitrogens is 1. The van der Waals surface area contributed by atoms with Crippen LogP contribution >= 0.6 is 0 Å². The van der Waals surface area contributed by atoms with E-state index in [0.717, 1.165) is 25.0 Å². The Kier molecular flexibility index (Phi) is 4.64. The minimum Gasteiger partial charge on any atom is -0.330 e. The van der Waals surface area contributed by atoms with Crippen molar-refractivity contribution in [2.24, 2.45) is 5.14 Å². The van der Waals surface area contributed by atoms with Crippen LogP contribution in [0, 0.1) is 0 Å². The second-order valence-electron chi connectivity index (χ2n) is 5.83. The normalized spacial score (nSPS) is 18.4. The second-order valence-corrected chi connectivity index (χ2v) is 7.40. The number of piperidine rings is 1. The van der Waals surface area contributed by atoms with E-state index in [0.29, 0.717) is 12.1 Å². The first kappa shape index (κ1) is 16.6. The van der Waals surface area contributed by atoms with E-state index in [-0.39, 0.29) is 16.8 Å². The van der Waals surface area contributed by atoms with Gasteiger partial charge in [-0.15, -0.1) is 0 Å². The summed E-state index contributed by atoms with van der Waals surface area (Å²) < 4.78 is 22.7. The predicted octanol–water partition coefficient (Wildman–Crippen LogP) is 2.10. The number of pyridine rings is 1. The number of nitrogens with two attached hydrogens (primary N) is 1. The average molecular weight is 345 g/mol. The maximum atomic E-state index is 12.9. The molecule has 1 atom stereocenters. The van der Waals surface area contributed by atoms with E-state index in [9.17, 15) is 13.2 Å². The third-order valence-electron chi connectivity index (χ3n) is 4.22. The fraction of sp³-hybridized carbons (Fsp3) is 0.294. The monoisotopic (exact) mass is 345 g/mol. The third kappa shape index (κ3) is 3.47. The zero-order chi connectivity index (χ0) is 17.2. The summed E-state index contributed by atoms with van der Waals surface area (Å²) in [5.74, 6) is -0.119. The number of hydrogen-bond donors (Lipinski definition) is 1. The van der Waals surface area contributed by atoms with Gasteiger partial charge in [0.15, 0.2) is 0 Å². The van der Waals surface area contributed by atoms with Crippen molar-refractivity contribution < 1.29 is 13.2 Å². The fourth-order valence-electron chi connectivity index (χ4n) is 3.01. The topological polar surface area (TPSA) is 93.4 Å². The first-order chi connectivity index (χ1) is 11.5. The van der Waals surface area contributed by atoms with Gasteiger partial charge in [-0.3, -0.25) is 9.78 Å². The number of benzene rings is 1. The first-order valence-electron chi connectivity index (χ1n) is 7.81. The van der Waals surface area contributed by atoms with E-state index < -0.39 is 10.0 Å². The molecule has 0 spiro atoms. The lowest BCUT2D eigenvalue weighted by atomic mass is 9.97. The van der Waals surface area contributed by atoms with Gasteiger partial charge in [0.2, 0.25) is 10.0 Å². The third-order valence-corrected chi connectivity index (χ3v) is 5.15. The Morgan fingerprint density at radius 1 is 1.12 bits per heavy atom. The molecule has 1 amide bonds. The molecular weight excluding hydrogens is 326 g/mol. The van der Waals surface area contributed by atoms with Gasteiger partial charge in [-0.05, 0) is 55.7 Å². The number of amides is 1. The first-order valence-corrected chi connectivity index (χ1v) is 9.36. The lowest BCUT2D eigenvalue weighted by molar-refractivity contribution is 0.0606. The van der Waals surface area contributed by atoms with Crippen molar-refractivity contribution >= 4 is 15.9 Å². The molecule has 3 rings (SSSR count). The fourth-order valence-corrected chi connectivity index (χ4v) is 3.52. The van der Waals surface area contributed by atoms with Gasteiger partial charge in [0, 0.05) is 18.3 Å². The molecule has 24 heavy (non-hydrogen) atoms. The SMILES string of the molecule is NS(=O)(=O)c1ccc(C(=O)N2CCCC[C@@H]2c2ccccn2)cc1. The molecule has 1 fully saturated rings. The molecule has 1 aromatic carbocycles. The van der Waals surface area contributed by atoms with Crippen molar-refractivity contribution in [3.63, 3.8) is 0 Å². The quantitative estimate of drug-likeness (QED) is 0.922. The lowest BCUT2D eigenvalue weighted by Gasteiger charge is -2.35. The van der Waals surface area contributed by atoms with Crippen LogP contribution in [0.3, 0.4) is 0 Å². The molecule has 2 aromatic rings. The van der Waals surface area contributed by atoms with Gasteiger partial charge in [-0.25, -0.2) is 13.6 Å². The van der Waals surface area contributed by atoms with Crippen LogP contribution in [0.1, 0.15) is 41.4 Å². The standard InChI is InChI=1S/C17H19N3O3S/c18-24(22,23)14-9-7-13(8-10-14)17(21)20-12-4-2-6-16(20)15-5-1-3-11-19-15/h1,3,5,7-11,16H,2,4,6,12H2,(H2,18,22,23)/t16-/m1/s1. The highest BCUT2D eigenvalue weighted by atomic mass is 32.2. The van der Waals surface area contributed by atoms with Crippen LogP contribution in [0.15, 0.2) is 53.6 Å². The summed E-state index contributed by atoms with van der Waals surface area (Å²) in [5, 5.41) is 5.09. The van der Waals surface area contributed by atoms with Gasteiger partial charge in [0.1, 0.15) is 0 Å². The molecule has 126 valence electrons. The molecule has 0 bridgehead atoms. The maximum Gasteiger partial charge on any atom is 0.254 e. The number of carbonyl (C=O) groups is 1. The summed E-state index contributed by atoms with van der Waals surface area (Å²) in [7, 11) is -3.76. The van der Waals surface area contributed by atoms with Crippen molar-refractivity contribution in [2.45, 2.75) is 30.2 Å². The van der Waals surface area contributed by atoms with Gasteiger partial charge in [-0.2, -0.15) is 0 Å². The van der Waals surface area contributed by atoms with E-state index in [1.54, 1.807) is 6.20 Å². The summed E-state index contributed by atoms with van der Waals surface area (Å²) in [6.45, 7) is 0.664. The van der Waals surface area contributed by atoms with E-state index in [1.165, 1.54) is 24.3 Å². The van der Waals surface area contributed by atoms with Crippen molar-refractivity contribution in [2.75, 3.05) is 6.54 Å². The molecule has 6 nitrogen and oxygen atoms in total. The highest BCUT2D eigenvalue weighted by Crippen LogP contribution is 2.31. The Morgan fingerprint density at radius 3 is 2.50 bits per heavy atom. The summed E-state index contributed by atoms with van der Waals surface area (Å²) in [5.41, 5.74) is 1.33. The van der Waals surface area contributed by atoms with E-state index in [4.69, 9.17) is 5.14 Å². The number of hydrogen-bond acceptors (Lipinski definition) is 4. The number of nitrogens with zero attached hydrogens (tertiary/aromatic N) is 2. The Morgan fingerprint density at radius 2 is 1.88 bits per heavy atom. The molecule has 0 aliphatic carbocycles. The van der Waals surface area contributed by atoms with E-state index >= 15 is 0 Å². The second kappa shape index (κ2) is 6.70. The number of carbonyl (C=O) groups excluding carboxylic acids is 1. The van der Waals surface area contributed by atoms with Gasteiger partial charge >= 0.3 is 0 Å². The molecule has 1 aliphatic heterocycles. The van der Waals surface area contributed by atoms with Crippen LogP contribution in [0.4, 0.5) is 0 Å². The molecule has 1 saturated heterocycles. The number of rotatable bonds is 3. The van der Waals surface area contributed by atoms with Crippen LogP contribution < -0.4 is 5.14 Å². The number of sulfonamides is 1. The minimum absolute atomic E-state index is 0.000954. The average Bonchev–Trinajstić information content (AvgIpc) is 2.61. The van der Waals surface area contributed by atoms with Gasteiger partial charge in [0.25, 0.3) is 5.91 Å². The molecule has 1 aliphatic rings. The number of likely N-dealkylation sites (tertiary alicyclic amines) is 1. The van der Waals surface area contributed by atoms with Gasteiger partial charge < -0.3 is 4.90 Å². The highest BCUT2D eigenvalue weighted by Gasteiger charge is 2.29. The predicted molar refractivity (Wildman–Crippen MR) is 89.7 cm³/mol. The summed E-state index contributed by atoms with van der Waals surface area (Å²) in [6.07, 6.45) is 4.60. The van der Waals surface area contributed by atoms with Crippen molar-refractivity contribution in [3.8, 4) is 0 Å². The van der Waals surface area contributed by atoms with Gasteiger partial charge in [-0.1, -0.05) is 6.07 Å². The molecule has 1 aromatic heterocycles. The van der Waals surface area contributed by atoms with Crippen molar-refractivity contribution in [1.29, 1.82) is 0 Å². The molecular formula is C17H19N3O3S. The highest BCUT2D eigenvalue weighted by molar-refractivity contribution is 7.89. The maximum absolute atomic E-state index is 12.9. The van der Waals surface area contributed by atoms with Crippen LogP contribution in [0.25, 0.3) is 0 Å². The molecule has 0 unspecified atom stereocenters. The van der Waals surface area contributed by atoms with Crippen LogP contribution in [-0.2, 0) is 10.0 Å². The molecule has 2 N–H and O–H groups in total. The molecule has 0 saturated carbocycles. The van der Waals surface area contributed by atoms with Crippen molar-refractivity contribution in [1.82, 2.24) is 9.88 Å². The Labute approximate surface area is 141 Å². The summed E-state index contributed by atoms with van der Waals surface area (Å²) in [6, 6.07) is 11.4. The van der Waals surface area contributed by atoms with Crippen LogP contribution in [0.2, 0.25) is 0 Å². The zero-order valence-corrected chi connectivity index (χ0v) is 13.9. The smallest absolute Gasteiger partial charge is 0.254 e. The molecule has 2 heterocycles.